The molecule has 1 aromatic carbocycles. The van der Waals surface area contributed by atoms with E-state index in [0.29, 0.717) is 19.6 Å². The quantitative estimate of drug-likeness (QED) is 0.599. The first-order valence-electron chi connectivity index (χ1n) is 9.08. The number of nitrogens with one attached hydrogen (secondary N) is 3. The first kappa shape index (κ1) is 18.4. The highest BCUT2D eigenvalue weighted by atomic mass is 16.5. The van der Waals surface area contributed by atoms with Crippen molar-refractivity contribution in [3.63, 3.8) is 0 Å². The summed E-state index contributed by atoms with van der Waals surface area (Å²) in [6.45, 7) is 2.80. The molecule has 3 rings (SSSR count). The molecule has 2 aromatic rings. The number of hydrogen-bond donors (Lipinski definition) is 3. The molecule has 6 heteroatoms. The van der Waals surface area contributed by atoms with Gasteiger partial charge in [0.05, 0.1) is 19.7 Å². The lowest BCUT2D eigenvalue weighted by molar-refractivity contribution is -0.119. The second-order valence-electron chi connectivity index (χ2n) is 6.35. The summed E-state index contributed by atoms with van der Waals surface area (Å²) in [5.74, 6) is 1.90. The maximum Gasteiger partial charge on any atom is 0.163 e. The van der Waals surface area contributed by atoms with Crippen molar-refractivity contribution in [2.45, 2.75) is 18.9 Å². The number of ketones is 1. The summed E-state index contributed by atoms with van der Waals surface area (Å²) >= 11 is 0. The Labute approximate surface area is 154 Å². The highest BCUT2D eigenvalue weighted by molar-refractivity contribution is 5.86. The van der Waals surface area contributed by atoms with Gasteiger partial charge in [-0.1, -0.05) is 18.2 Å². The number of carbonyl (C=O) groups is 1. The molecule has 0 amide bonds. The molecule has 1 aliphatic heterocycles. The SMILES string of the molecule is COc1ccccc1-c1ccc(NCCNCC(=O)[C@@H]2CCCN2)nc1. The Kier molecular flexibility index (Phi) is 6.57. The van der Waals surface area contributed by atoms with Gasteiger partial charge in [0.2, 0.25) is 0 Å². The van der Waals surface area contributed by atoms with Crippen LogP contribution in [0.5, 0.6) is 5.75 Å². The minimum absolute atomic E-state index is 0.0413. The number of ether oxygens (including phenoxy) is 1. The maximum atomic E-state index is 11.9. The van der Waals surface area contributed by atoms with Gasteiger partial charge in [0.15, 0.2) is 5.78 Å². The zero-order valence-corrected chi connectivity index (χ0v) is 15.1. The van der Waals surface area contributed by atoms with Crippen LogP contribution >= 0.6 is 0 Å². The number of Topliss-reactive ketones (excluding diaryl/α,β-unsaturated/α-hetero) is 1. The van der Waals surface area contributed by atoms with E-state index < -0.39 is 0 Å². The molecular weight excluding hydrogens is 328 g/mol. The molecule has 1 aromatic heterocycles. The standard InChI is InChI=1S/C20H26N4O2/c1-26-19-7-3-2-5-16(19)15-8-9-20(24-13-15)23-12-11-21-14-18(25)17-6-4-10-22-17/h2-3,5,7-9,13,17,21-22H,4,6,10-12,14H2,1H3,(H,23,24)/t17-/m0/s1. The number of anilines is 1. The lowest BCUT2D eigenvalue weighted by atomic mass is 10.1. The van der Waals surface area contributed by atoms with Crippen molar-refractivity contribution >= 4 is 11.6 Å². The van der Waals surface area contributed by atoms with Gasteiger partial charge in [-0.25, -0.2) is 4.98 Å². The van der Waals surface area contributed by atoms with Crippen molar-refractivity contribution in [2.75, 3.05) is 38.6 Å². The topological polar surface area (TPSA) is 75.3 Å². The molecule has 0 spiro atoms. The van der Waals surface area contributed by atoms with Crippen molar-refractivity contribution in [3.05, 3.63) is 42.6 Å². The fourth-order valence-electron chi connectivity index (χ4n) is 3.11. The van der Waals surface area contributed by atoms with Crippen LogP contribution in [0.2, 0.25) is 0 Å². The smallest absolute Gasteiger partial charge is 0.163 e. The van der Waals surface area contributed by atoms with Crippen molar-refractivity contribution < 1.29 is 9.53 Å². The summed E-state index contributed by atoms with van der Waals surface area (Å²) in [5, 5.41) is 9.68. The minimum Gasteiger partial charge on any atom is -0.496 e. The van der Waals surface area contributed by atoms with Crippen LogP contribution in [-0.4, -0.2) is 50.1 Å². The zero-order chi connectivity index (χ0) is 18.2. The molecule has 6 nitrogen and oxygen atoms in total. The fraction of sp³-hybridized carbons (Fsp3) is 0.400. The van der Waals surface area contributed by atoms with Crippen molar-refractivity contribution in [3.8, 4) is 16.9 Å². The van der Waals surface area contributed by atoms with E-state index in [-0.39, 0.29) is 11.8 Å². The summed E-state index contributed by atoms with van der Waals surface area (Å²) in [6, 6.07) is 11.9. The number of aromatic nitrogens is 1. The van der Waals surface area contributed by atoms with E-state index in [9.17, 15) is 4.79 Å². The largest absolute Gasteiger partial charge is 0.496 e. The Hall–Kier alpha value is -2.44. The summed E-state index contributed by atoms with van der Waals surface area (Å²) < 4.78 is 5.39. The Bertz CT molecular complexity index is 712. The van der Waals surface area contributed by atoms with E-state index in [1.165, 1.54) is 0 Å². The monoisotopic (exact) mass is 354 g/mol. The molecule has 3 N–H and O–H groups in total. The number of benzene rings is 1. The van der Waals surface area contributed by atoms with Crippen molar-refractivity contribution in [2.24, 2.45) is 0 Å². The van der Waals surface area contributed by atoms with E-state index in [0.717, 1.165) is 42.1 Å². The lowest BCUT2D eigenvalue weighted by Crippen LogP contribution is -2.38. The number of carbonyl (C=O) groups excluding carboxylic acids is 1. The molecule has 0 radical (unpaired) electrons. The van der Waals surface area contributed by atoms with Crippen molar-refractivity contribution in [1.82, 2.24) is 15.6 Å². The number of para-hydroxylation sites is 1. The van der Waals surface area contributed by atoms with Crippen LogP contribution in [0.1, 0.15) is 12.8 Å². The average molecular weight is 354 g/mol. The molecule has 1 atom stereocenters. The third-order valence-corrected chi connectivity index (χ3v) is 4.54. The first-order valence-corrected chi connectivity index (χ1v) is 9.08. The van der Waals surface area contributed by atoms with E-state index in [4.69, 9.17) is 4.74 Å². The molecule has 2 heterocycles. The number of pyridine rings is 1. The molecule has 138 valence electrons. The summed E-state index contributed by atoms with van der Waals surface area (Å²) in [4.78, 5) is 16.4. The minimum atomic E-state index is 0.0413. The van der Waals surface area contributed by atoms with Crippen LogP contribution in [0.25, 0.3) is 11.1 Å². The number of rotatable bonds is 9. The Morgan fingerprint density at radius 3 is 2.88 bits per heavy atom. The molecule has 1 fully saturated rings. The maximum absolute atomic E-state index is 11.9. The lowest BCUT2D eigenvalue weighted by Gasteiger charge is -2.11. The number of hydrogen-bond acceptors (Lipinski definition) is 6. The number of nitrogens with zero attached hydrogens (tertiary/aromatic N) is 1. The summed E-state index contributed by atoms with van der Waals surface area (Å²) in [5.41, 5.74) is 2.04. The second kappa shape index (κ2) is 9.31. The van der Waals surface area contributed by atoms with Crippen LogP contribution in [0.4, 0.5) is 5.82 Å². The van der Waals surface area contributed by atoms with E-state index in [2.05, 4.69) is 20.9 Å². The van der Waals surface area contributed by atoms with E-state index in [1.807, 2.05) is 42.6 Å². The van der Waals surface area contributed by atoms with Crippen LogP contribution in [0.3, 0.4) is 0 Å². The van der Waals surface area contributed by atoms with Gasteiger partial charge in [-0.2, -0.15) is 0 Å². The predicted molar refractivity (Wildman–Crippen MR) is 104 cm³/mol. The molecule has 26 heavy (non-hydrogen) atoms. The second-order valence-corrected chi connectivity index (χ2v) is 6.35. The molecule has 0 unspecified atom stereocenters. The Morgan fingerprint density at radius 1 is 1.27 bits per heavy atom. The molecule has 1 aliphatic rings. The molecular formula is C20H26N4O2. The van der Waals surface area contributed by atoms with Gasteiger partial charge in [-0.3, -0.25) is 4.79 Å². The highest BCUT2D eigenvalue weighted by Gasteiger charge is 2.20. The van der Waals surface area contributed by atoms with Gasteiger partial charge < -0.3 is 20.7 Å². The van der Waals surface area contributed by atoms with Crippen LogP contribution in [-0.2, 0) is 4.79 Å². The number of methoxy groups -OCH3 is 1. The Balaban J connectivity index is 1.42. The van der Waals surface area contributed by atoms with Gasteiger partial charge in [0, 0.05) is 30.4 Å². The normalized spacial score (nSPS) is 16.4. The van der Waals surface area contributed by atoms with Crippen LogP contribution < -0.4 is 20.7 Å². The van der Waals surface area contributed by atoms with Gasteiger partial charge in [-0.15, -0.1) is 0 Å². The van der Waals surface area contributed by atoms with E-state index >= 15 is 0 Å². The molecule has 0 bridgehead atoms. The van der Waals surface area contributed by atoms with Gasteiger partial charge in [0.25, 0.3) is 0 Å². The first-order chi connectivity index (χ1) is 12.8. The van der Waals surface area contributed by atoms with Gasteiger partial charge in [0.1, 0.15) is 11.6 Å². The average Bonchev–Trinajstić information content (AvgIpc) is 3.23. The van der Waals surface area contributed by atoms with Crippen LogP contribution in [0.15, 0.2) is 42.6 Å². The fourth-order valence-corrected chi connectivity index (χ4v) is 3.11. The zero-order valence-electron chi connectivity index (χ0n) is 15.1. The molecule has 1 saturated heterocycles. The molecule has 0 saturated carbocycles. The van der Waals surface area contributed by atoms with Crippen LogP contribution in [0, 0.1) is 0 Å². The van der Waals surface area contributed by atoms with Gasteiger partial charge >= 0.3 is 0 Å². The third-order valence-electron chi connectivity index (χ3n) is 4.54. The predicted octanol–water partition coefficient (Wildman–Crippen LogP) is 2.08. The Morgan fingerprint density at radius 2 is 2.15 bits per heavy atom. The van der Waals surface area contributed by atoms with Gasteiger partial charge in [-0.05, 0) is 37.6 Å². The highest BCUT2D eigenvalue weighted by Crippen LogP contribution is 2.29. The van der Waals surface area contributed by atoms with Crippen molar-refractivity contribution in [1.29, 1.82) is 0 Å². The third kappa shape index (κ3) is 4.80. The molecule has 0 aliphatic carbocycles. The van der Waals surface area contributed by atoms with E-state index in [1.54, 1.807) is 7.11 Å². The summed E-state index contributed by atoms with van der Waals surface area (Å²) in [6.07, 6.45) is 3.89. The summed E-state index contributed by atoms with van der Waals surface area (Å²) in [7, 11) is 1.67.